The summed E-state index contributed by atoms with van der Waals surface area (Å²) in [6, 6.07) is 5.39. The van der Waals surface area contributed by atoms with Gasteiger partial charge in [-0.15, -0.1) is 0 Å². The van der Waals surface area contributed by atoms with Gasteiger partial charge in [0.05, 0.1) is 7.11 Å². The summed E-state index contributed by atoms with van der Waals surface area (Å²) in [5.74, 6) is 1.17. The van der Waals surface area contributed by atoms with Crippen LogP contribution in [-0.2, 0) is 11.3 Å². The van der Waals surface area contributed by atoms with Crippen molar-refractivity contribution in [2.24, 2.45) is 0 Å². The second-order valence-corrected chi connectivity index (χ2v) is 4.03. The number of benzene rings is 1. The van der Waals surface area contributed by atoms with Gasteiger partial charge in [-0.25, -0.2) is 0 Å². The Morgan fingerprint density at radius 1 is 1.56 bits per heavy atom. The molecular weight excluding hydrogens is 246 g/mol. The Labute approximate surface area is 106 Å². The molecule has 0 aliphatic heterocycles. The van der Waals surface area contributed by atoms with E-state index in [9.17, 15) is 4.79 Å². The largest absolute Gasteiger partial charge is 0.496 e. The van der Waals surface area contributed by atoms with Crippen LogP contribution in [0, 0.1) is 0 Å². The molecule has 0 aromatic heterocycles. The van der Waals surface area contributed by atoms with Gasteiger partial charge in [-0.3, -0.25) is 4.79 Å². The Kier molecular flexibility index (Phi) is 5.49. The first-order chi connectivity index (χ1) is 7.69. The number of carbonyl (C=O) groups is 1. The summed E-state index contributed by atoms with van der Waals surface area (Å²) in [6.07, 6.45) is 0.399. The zero-order chi connectivity index (χ0) is 12.0. The van der Waals surface area contributed by atoms with Crippen LogP contribution in [0.25, 0.3) is 0 Å². The molecule has 1 rings (SSSR count). The highest BCUT2D eigenvalue weighted by atomic mass is 35.5. The molecule has 0 atom stereocenters. The fourth-order valence-corrected chi connectivity index (χ4v) is 1.71. The van der Waals surface area contributed by atoms with Crippen LogP contribution in [0.1, 0.15) is 12.0 Å². The molecule has 0 spiro atoms. The Hall–Kier alpha value is -0.870. The van der Waals surface area contributed by atoms with E-state index in [2.05, 4.69) is 17.9 Å². The Balaban J connectivity index is 2.69. The molecule has 0 saturated heterocycles. The van der Waals surface area contributed by atoms with Crippen molar-refractivity contribution >= 4 is 30.1 Å². The SMILES string of the molecule is COc1cccc(Cl)c1CNC(=O)CCS. The van der Waals surface area contributed by atoms with Gasteiger partial charge in [0.1, 0.15) is 5.75 Å². The molecule has 0 heterocycles. The van der Waals surface area contributed by atoms with Crippen LogP contribution >= 0.6 is 24.2 Å². The third-order valence-electron chi connectivity index (χ3n) is 2.10. The van der Waals surface area contributed by atoms with E-state index in [1.165, 1.54) is 0 Å². The monoisotopic (exact) mass is 259 g/mol. The lowest BCUT2D eigenvalue weighted by molar-refractivity contribution is -0.120. The van der Waals surface area contributed by atoms with Crippen molar-refractivity contribution in [2.45, 2.75) is 13.0 Å². The van der Waals surface area contributed by atoms with Gasteiger partial charge in [0.15, 0.2) is 0 Å². The van der Waals surface area contributed by atoms with E-state index in [4.69, 9.17) is 16.3 Å². The van der Waals surface area contributed by atoms with Crippen molar-refractivity contribution in [2.75, 3.05) is 12.9 Å². The zero-order valence-electron chi connectivity index (χ0n) is 9.00. The minimum Gasteiger partial charge on any atom is -0.496 e. The minimum atomic E-state index is -0.0445. The van der Waals surface area contributed by atoms with Gasteiger partial charge < -0.3 is 10.1 Å². The van der Waals surface area contributed by atoms with E-state index in [-0.39, 0.29) is 5.91 Å². The molecule has 0 radical (unpaired) electrons. The van der Waals surface area contributed by atoms with Gasteiger partial charge in [-0.05, 0) is 17.9 Å². The molecule has 1 N–H and O–H groups in total. The van der Waals surface area contributed by atoms with Crippen molar-refractivity contribution in [3.8, 4) is 5.75 Å². The van der Waals surface area contributed by atoms with Gasteiger partial charge >= 0.3 is 0 Å². The number of hydrogen-bond acceptors (Lipinski definition) is 3. The fraction of sp³-hybridized carbons (Fsp3) is 0.364. The second-order valence-electron chi connectivity index (χ2n) is 3.17. The van der Waals surface area contributed by atoms with Crippen LogP contribution in [0.3, 0.4) is 0 Å². The van der Waals surface area contributed by atoms with Gasteiger partial charge in [0, 0.05) is 23.6 Å². The first-order valence-electron chi connectivity index (χ1n) is 4.88. The lowest BCUT2D eigenvalue weighted by Gasteiger charge is -2.11. The summed E-state index contributed by atoms with van der Waals surface area (Å²) >= 11 is 10.0. The summed E-state index contributed by atoms with van der Waals surface area (Å²) in [6.45, 7) is 0.370. The number of carbonyl (C=O) groups excluding carboxylic acids is 1. The predicted octanol–water partition coefficient (Wildman–Crippen LogP) is 2.28. The zero-order valence-corrected chi connectivity index (χ0v) is 10.6. The lowest BCUT2D eigenvalue weighted by Crippen LogP contribution is -2.23. The van der Waals surface area contributed by atoms with Crippen molar-refractivity contribution in [3.05, 3.63) is 28.8 Å². The highest BCUT2D eigenvalue weighted by Gasteiger charge is 2.08. The van der Waals surface area contributed by atoms with Crippen molar-refractivity contribution in [3.63, 3.8) is 0 Å². The van der Waals surface area contributed by atoms with E-state index >= 15 is 0 Å². The highest BCUT2D eigenvalue weighted by Crippen LogP contribution is 2.25. The number of hydrogen-bond donors (Lipinski definition) is 2. The maximum absolute atomic E-state index is 11.3. The first-order valence-corrected chi connectivity index (χ1v) is 5.89. The first kappa shape index (κ1) is 13.2. The van der Waals surface area contributed by atoms with Crippen LogP contribution < -0.4 is 10.1 Å². The Bertz CT molecular complexity index is 371. The average Bonchev–Trinajstić information content (AvgIpc) is 2.27. The molecule has 16 heavy (non-hydrogen) atoms. The normalized spacial score (nSPS) is 9.94. The number of methoxy groups -OCH3 is 1. The van der Waals surface area contributed by atoms with Crippen LogP contribution in [0.5, 0.6) is 5.75 Å². The Morgan fingerprint density at radius 3 is 2.94 bits per heavy atom. The topological polar surface area (TPSA) is 38.3 Å². The molecule has 5 heteroatoms. The molecule has 1 amide bonds. The van der Waals surface area contributed by atoms with Crippen molar-refractivity contribution in [1.82, 2.24) is 5.32 Å². The number of nitrogens with one attached hydrogen (secondary N) is 1. The second kappa shape index (κ2) is 6.66. The Morgan fingerprint density at radius 2 is 2.31 bits per heavy atom. The van der Waals surface area contributed by atoms with E-state index in [1.54, 1.807) is 19.2 Å². The predicted molar refractivity (Wildman–Crippen MR) is 68.3 cm³/mol. The number of halogens is 1. The molecule has 0 fully saturated rings. The molecule has 0 aliphatic rings. The highest BCUT2D eigenvalue weighted by molar-refractivity contribution is 7.80. The van der Waals surface area contributed by atoms with E-state index in [0.29, 0.717) is 29.5 Å². The van der Waals surface area contributed by atoms with Gasteiger partial charge in [-0.2, -0.15) is 12.6 Å². The lowest BCUT2D eigenvalue weighted by atomic mass is 10.2. The molecule has 1 aromatic rings. The standard InChI is InChI=1S/C11H14ClNO2S/c1-15-10-4-2-3-9(12)8(10)7-13-11(14)5-6-16/h2-4,16H,5-7H2,1H3,(H,13,14). The number of thiol groups is 1. The summed E-state index contributed by atoms with van der Waals surface area (Å²) in [7, 11) is 1.57. The summed E-state index contributed by atoms with van der Waals surface area (Å²) in [5, 5.41) is 3.35. The van der Waals surface area contributed by atoms with Crippen LogP contribution in [0.4, 0.5) is 0 Å². The third-order valence-corrected chi connectivity index (χ3v) is 2.67. The molecule has 0 saturated carbocycles. The van der Waals surface area contributed by atoms with Crippen LogP contribution in [0.2, 0.25) is 5.02 Å². The minimum absolute atomic E-state index is 0.0445. The van der Waals surface area contributed by atoms with Gasteiger partial charge in [-0.1, -0.05) is 17.7 Å². The summed E-state index contributed by atoms with van der Waals surface area (Å²) in [4.78, 5) is 11.3. The van der Waals surface area contributed by atoms with Crippen molar-refractivity contribution in [1.29, 1.82) is 0 Å². The number of rotatable bonds is 5. The van der Waals surface area contributed by atoms with Crippen LogP contribution in [0.15, 0.2) is 18.2 Å². The molecule has 0 bridgehead atoms. The molecule has 0 unspecified atom stereocenters. The molecule has 0 aliphatic carbocycles. The maximum Gasteiger partial charge on any atom is 0.221 e. The summed E-state index contributed by atoms with van der Waals surface area (Å²) < 4.78 is 5.17. The van der Waals surface area contributed by atoms with Crippen LogP contribution in [-0.4, -0.2) is 18.8 Å². The van der Waals surface area contributed by atoms with E-state index in [1.807, 2.05) is 6.07 Å². The average molecular weight is 260 g/mol. The quantitative estimate of drug-likeness (QED) is 0.797. The van der Waals surface area contributed by atoms with Gasteiger partial charge in [0.25, 0.3) is 0 Å². The number of ether oxygens (including phenoxy) is 1. The summed E-state index contributed by atoms with van der Waals surface area (Å²) in [5.41, 5.74) is 0.791. The van der Waals surface area contributed by atoms with E-state index < -0.39 is 0 Å². The molecule has 88 valence electrons. The third kappa shape index (κ3) is 3.61. The fourth-order valence-electron chi connectivity index (χ4n) is 1.28. The van der Waals surface area contributed by atoms with Gasteiger partial charge in [0.2, 0.25) is 5.91 Å². The molecule has 1 aromatic carbocycles. The molecular formula is C11H14ClNO2S. The number of amides is 1. The maximum atomic E-state index is 11.3. The molecule has 3 nitrogen and oxygen atoms in total. The van der Waals surface area contributed by atoms with E-state index in [0.717, 1.165) is 5.56 Å². The van der Waals surface area contributed by atoms with Crippen molar-refractivity contribution < 1.29 is 9.53 Å². The smallest absolute Gasteiger partial charge is 0.221 e.